The Labute approximate surface area is 132 Å². The molecule has 3 heteroatoms. The third kappa shape index (κ3) is 1.81. The molecule has 3 nitrogen and oxygen atoms in total. The summed E-state index contributed by atoms with van der Waals surface area (Å²) in [6.45, 7) is 7.37. The molecule has 22 heavy (non-hydrogen) atoms. The number of ether oxygens (including phenoxy) is 1. The van der Waals surface area contributed by atoms with E-state index in [0.717, 1.165) is 6.04 Å². The van der Waals surface area contributed by atoms with Crippen molar-refractivity contribution < 1.29 is 9.53 Å². The average molecular weight is 299 g/mol. The van der Waals surface area contributed by atoms with Crippen LogP contribution in [-0.4, -0.2) is 30.5 Å². The van der Waals surface area contributed by atoms with E-state index in [4.69, 9.17) is 4.74 Å². The van der Waals surface area contributed by atoms with Crippen LogP contribution in [0.4, 0.5) is 0 Å². The maximum Gasteiger partial charge on any atom is 0.313 e. The Morgan fingerprint density at radius 1 is 1.41 bits per heavy atom. The highest BCUT2D eigenvalue weighted by atomic mass is 16.5. The van der Waals surface area contributed by atoms with Gasteiger partial charge in [-0.05, 0) is 55.0 Å². The topological polar surface area (TPSA) is 29.5 Å². The zero-order valence-corrected chi connectivity index (χ0v) is 14.0. The van der Waals surface area contributed by atoms with E-state index < -0.39 is 0 Å². The van der Waals surface area contributed by atoms with Crippen molar-refractivity contribution in [1.82, 2.24) is 4.90 Å². The molecule has 1 spiro atoms. The molecule has 1 saturated carbocycles. The van der Waals surface area contributed by atoms with Gasteiger partial charge in [0.2, 0.25) is 0 Å². The minimum atomic E-state index is -0.149. The first-order chi connectivity index (χ1) is 10.3. The van der Waals surface area contributed by atoms with E-state index in [0.29, 0.717) is 11.2 Å². The van der Waals surface area contributed by atoms with Crippen molar-refractivity contribution in [2.75, 3.05) is 13.6 Å². The Kier molecular flexibility index (Phi) is 2.82. The van der Waals surface area contributed by atoms with Crippen molar-refractivity contribution in [2.45, 2.75) is 51.5 Å². The molecule has 0 amide bonds. The van der Waals surface area contributed by atoms with Crippen LogP contribution >= 0.6 is 0 Å². The number of fused-ring (bicyclic) bond motifs is 3. The fourth-order valence-corrected chi connectivity index (χ4v) is 5.28. The van der Waals surface area contributed by atoms with Crippen molar-refractivity contribution in [1.29, 1.82) is 0 Å². The van der Waals surface area contributed by atoms with E-state index in [2.05, 4.69) is 31.0 Å². The molecule has 2 bridgehead atoms. The summed E-state index contributed by atoms with van der Waals surface area (Å²) in [6, 6.07) is 7.03. The normalized spacial score (nSPS) is 35.8. The average Bonchev–Trinajstić information content (AvgIpc) is 2.65. The van der Waals surface area contributed by atoms with E-state index in [1.54, 1.807) is 0 Å². The lowest BCUT2D eigenvalue weighted by atomic mass is 9.63. The van der Waals surface area contributed by atoms with Gasteiger partial charge >= 0.3 is 5.97 Å². The van der Waals surface area contributed by atoms with Crippen molar-refractivity contribution in [2.24, 2.45) is 11.3 Å². The third-order valence-electron chi connectivity index (χ3n) is 6.15. The van der Waals surface area contributed by atoms with Crippen LogP contribution in [0.2, 0.25) is 0 Å². The Bertz CT molecular complexity index is 653. The summed E-state index contributed by atoms with van der Waals surface area (Å²) in [4.78, 5) is 14.4. The van der Waals surface area contributed by atoms with Gasteiger partial charge in [0.15, 0.2) is 0 Å². The minimum absolute atomic E-state index is 0.0918. The first-order valence-electron chi connectivity index (χ1n) is 8.38. The van der Waals surface area contributed by atoms with Crippen LogP contribution in [0.3, 0.4) is 0 Å². The lowest BCUT2D eigenvalue weighted by Crippen LogP contribution is -2.61. The third-order valence-corrected chi connectivity index (χ3v) is 6.15. The Morgan fingerprint density at radius 2 is 2.18 bits per heavy atom. The predicted octanol–water partition coefficient (Wildman–Crippen LogP) is 3.16. The van der Waals surface area contributed by atoms with E-state index in [-0.39, 0.29) is 17.3 Å². The molecule has 0 N–H and O–H groups in total. The highest BCUT2D eigenvalue weighted by Crippen LogP contribution is 2.63. The molecule has 2 fully saturated rings. The Hall–Kier alpha value is -1.35. The molecule has 3 atom stereocenters. The van der Waals surface area contributed by atoms with E-state index >= 15 is 0 Å². The van der Waals surface area contributed by atoms with Crippen molar-refractivity contribution in [3.63, 3.8) is 0 Å². The number of hydrogen-bond acceptors (Lipinski definition) is 3. The Morgan fingerprint density at radius 3 is 2.86 bits per heavy atom. The maximum atomic E-state index is 11.8. The van der Waals surface area contributed by atoms with Gasteiger partial charge in [0.1, 0.15) is 5.75 Å². The van der Waals surface area contributed by atoms with E-state index in [1.807, 2.05) is 19.9 Å². The lowest BCUT2D eigenvalue weighted by Gasteiger charge is -2.54. The molecule has 4 rings (SSSR count). The first kappa shape index (κ1) is 14.3. The molecule has 118 valence electrons. The van der Waals surface area contributed by atoms with Gasteiger partial charge in [0.25, 0.3) is 0 Å². The lowest BCUT2D eigenvalue weighted by molar-refractivity contribution is -0.137. The van der Waals surface area contributed by atoms with Gasteiger partial charge in [-0.25, -0.2) is 0 Å². The molecule has 1 aromatic rings. The summed E-state index contributed by atoms with van der Waals surface area (Å²) in [5.41, 5.74) is 3.62. The molecule has 3 aliphatic rings. The second-order valence-electron chi connectivity index (χ2n) is 8.31. The van der Waals surface area contributed by atoms with Gasteiger partial charge in [-0.1, -0.05) is 26.8 Å². The summed E-state index contributed by atoms with van der Waals surface area (Å²) in [5.74, 6) is 0.469. The van der Waals surface area contributed by atoms with Crippen LogP contribution in [0, 0.1) is 11.3 Å². The van der Waals surface area contributed by atoms with E-state index in [1.165, 1.54) is 36.9 Å². The number of carbonyl (C=O) groups excluding carboxylic acids is 1. The second-order valence-corrected chi connectivity index (χ2v) is 8.31. The zero-order chi connectivity index (χ0) is 15.7. The molecule has 0 radical (unpaired) electrons. The highest BCUT2D eigenvalue weighted by Gasteiger charge is 2.63. The van der Waals surface area contributed by atoms with Gasteiger partial charge in [-0.15, -0.1) is 0 Å². The summed E-state index contributed by atoms with van der Waals surface area (Å²) < 4.78 is 5.53. The monoisotopic (exact) mass is 299 g/mol. The summed E-state index contributed by atoms with van der Waals surface area (Å²) in [7, 11) is 2.25. The van der Waals surface area contributed by atoms with Crippen LogP contribution in [-0.2, 0) is 16.6 Å². The van der Waals surface area contributed by atoms with Crippen LogP contribution in [0.25, 0.3) is 0 Å². The van der Waals surface area contributed by atoms with Crippen LogP contribution in [0.1, 0.15) is 44.7 Å². The van der Waals surface area contributed by atoms with Gasteiger partial charge < -0.3 is 9.64 Å². The molecule has 2 aliphatic carbocycles. The first-order valence-corrected chi connectivity index (χ1v) is 8.38. The van der Waals surface area contributed by atoms with Gasteiger partial charge in [-0.2, -0.15) is 0 Å². The van der Waals surface area contributed by atoms with Crippen molar-refractivity contribution >= 4 is 5.97 Å². The van der Waals surface area contributed by atoms with Gasteiger partial charge in [-0.3, -0.25) is 4.79 Å². The number of esters is 1. The maximum absolute atomic E-state index is 11.8. The van der Waals surface area contributed by atoms with Crippen molar-refractivity contribution in [3.05, 3.63) is 29.3 Å². The fraction of sp³-hybridized carbons (Fsp3) is 0.632. The highest BCUT2D eigenvalue weighted by molar-refractivity contribution is 5.74. The standard InChI is InChI=1S/C19H25NO2/c1-12(2)17(21)22-14-6-5-13-8-19-10-18(3,15(13)7-14)9-16(19)20(4)11-19/h5-7,12,16H,8-11H2,1-4H3/t16-,18+,19?/m0/s1. The smallest absolute Gasteiger partial charge is 0.313 e. The minimum Gasteiger partial charge on any atom is -0.426 e. The van der Waals surface area contributed by atoms with Crippen LogP contribution in [0.15, 0.2) is 18.2 Å². The summed E-state index contributed by atoms with van der Waals surface area (Å²) in [5, 5.41) is 0. The van der Waals surface area contributed by atoms with Crippen molar-refractivity contribution in [3.8, 4) is 5.75 Å². The fourth-order valence-electron chi connectivity index (χ4n) is 5.28. The van der Waals surface area contributed by atoms with Crippen LogP contribution in [0.5, 0.6) is 5.75 Å². The molecule has 1 unspecified atom stereocenters. The molecule has 1 heterocycles. The number of rotatable bonds is 2. The molecule has 1 aromatic carbocycles. The van der Waals surface area contributed by atoms with E-state index in [9.17, 15) is 4.79 Å². The molecule has 1 saturated heterocycles. The summed E-state index contributed by atoms with van der Waals surface area (Å²) >= 11 is 0. The SMILES string of the molecule is CC(C)C(=O)Oc1ccc2c(c1)[C@]1(C)C[C@@H]3N(C)CC3(C2)C1. The molecular formula is C19H25NO2. The number of carbonyl (C=O) groups is 1. The van der Waals surface area contributed by atoms with Crippen LogP contribution < -0.4 is 4.74 Å². The second kappa shape index (κ2) is 4.35. The zero-order valence-electron chi connectivity index (χ0n) is 14.0. The molecule has 0 aromatic heterocycles. The number of hydrogen-bond donors (Lipinski definition) is 0. The predicted molar refractivity (Wildman–Crippen MR) is 86.1 cm³/mol. The quantitative estimate of drug-likeness (QED) is 0.620. The van der Waals surface area contributed by atoms with Gasteiger partial charge in [0.05, 0.1) is 5.92 Å². The largest absolute Gasteiger partial charge is 0.426 e. The van der Waals surface area contributed by atoms with Gasteiger partial charge in [0, 0.05) is 18.0 Å². The number of benzene rings is 1. The Balaban J connectivity index is 1.68. The number of likely N-dealkylation sites (tertiary alicyclic amines) is 1. The summed E-state index contributed by atoms with van der Waals surface area (Å²) in [6.07, 6.45) is 3.70. The molecular weight excluding hydrogens is 274 g/mol. The number of nitrogens with zero attached hydrogens (tertiary/aromatic N) is 1. The molecule has 1 aliphatic heterocycles.